The molecule has 0 unspecified atom stereocenters. The van der Waals surface area contributed by atoms with Crippen LogP contribution in [0.4, 0.5) is 5.69 Å². The van der Waals surface area contributed by atoms with E-state index in [2.05, 4.69) is 0 Å². The maximum Gasteiger partial charge on any atom is 0.246 e. The van der Waals surface area contributed by atoms with Crippen LogP contribution in [-0.4, -0.2) is 29.8 Å². The summed E-state index contributed by atoms with van der Waals surface area (Å²) in [6.07, 6.45) is 0.973. The maximum atomic E-state index is 13.0. The molecule has 24 heavy (non-hydrogen) atoms. The molecular formula is C20H22N2O2. The molecule has 0 saturated carbocycles. The fourth-order valence-electron chi connectivity index (χ4n) is 3.25. The van der Waals surface area contributed by atoms with E-state index in [1.807, 2.05) is 61.5 Å². The summed E-state index contributed by atoms with van der Waals surface area (Å²) in [6.45, 7) is 2.37. The molecule has 2 amide bonds. The molecule has 0 aliphatic carbocycles. The molecule has 0 spiro atoms. The van der Waals surface area contributed by atoms with Gasteiger partial charge in [0.15, 0.2) is 0 Å². The number of para-hydroxylation sites is 1. The first-order valence-electron chi connectivity index (χ1n) is 8.30. The highest BCUT2D eigenvalue weighted by atomic mass is 16.2. The largest absolute Gasteiger partial charge is 0.340 e. The Morgan fingerprint density at radius 1 is 1.08 bits per heavy atom. The van der Waals surface area contributed by atoms with E-state index in [9.17, 15) is 9.59 Å². The van der Waals surface area contributed by atoms with Gasteiger partial charge in [-0.3, -0.25) is 14.5 Å². The van der Waals surface area contributed by atoms with Gasteiger partial charge in [-0.15, -0.1) is 0 Å². The SMILES string of the molecule is CCC(=O)N1c2ccccc2C[C@@H]1C(=O)N(C)Cc1ccccc1. The molecule has 2 aromatic rings. The highest BCUT2D eigenvalue weighted by Gasteiger charge is 2.38. The monoisotopic (exact) mass is 322 g/mol. The zero-order chi connectivity index (χ0) is 17.1. The predicted molar refractivity (Wildman–Crippen MR) is 94.6 cm³/mol. The van der Waals surface area contributed by atoms with Gasteiger partial charge in [-0.25, -0.2) is 0 Å². The van der Waals surface area contributed by atoms with Crippen molar-refractivity contribution in [3.63, 3.8) is 0 Å². The van der Waals surface area contributed by atoms with E-state index in [0.29, 0.717) is 19.4 Å². The fourth-order valence-corrected chi connectivity index (χ4v) is 3.25. The Hall–Kier alpha value is -2.62. The predicted octanol–water partition coefficient (Wildman–Crippen LogP) is 3.01. The van der Waals surface area contributed by atoms with Crippen LogP contribution in [0.15, 0.2) is 54.6 Å². The molecule has 124 valence electrons. The summed E-state index contributed by atoms with van der Waals surface area (Å²) in [5.41, 5.74) is 3.01. The first kappa shape index (κ1) is 16.2. The minimum Gasteiger partial charge on any atom is -0.340 e. The summed E-state index contributed by atoms with van der Waals surface area (Å²) in [5, 5.41) is 0. The van der Waals surface area contributed by atoms with Crippen molar-refractivity contribution in [2.24, 2.45) is 0 Å². The van der Waals surface area contributed by atoms with Gasteiger partial charge in [-0.05, 0) is 17.2 Å². The van der Waals surface area contributed by atoms with Crippen molar-refractivity contribution < 1.29 is 9.59 Å². The molecule has 0 aromatic heterocycles. The lowest BCUT2D eigenvalue weighted by molar-refractivity contribution is -0.133. The van der Waals surface area contributed by atoms with Gasteiger partial charge in [0, 0.05) is 32.1 Å². The van der Waals surface area contributed by atoms with Gasteiger partial charge < -0.3 is 4.90 Å². The molecule has 0 fully saturated rings. The van der Waals surface area contributed by atoms with E-state index >= 15 is 0 Å². The van der Waals surface area contributed by atoms with Crippen LogP contribution < -0.4 is 4.90 Å². The lowest BCUT2D eigenvalue weighted by Crippen LogP contribution is -2.48. The molecule has 1 aliphatic heterocycles. The highest BCUT2D eigenvalue weighted by molar-refractivity contribution is 6.03. The van der Waals surface area contributed by atoms with Crippen LogP contribution in [0, 0.1) is 0 Å². The zero-order valence-corrected chi connectivity index (χ0v) is 14.1. The topological polar surface area (TPSA) is 40.6 Å². The van der Waals surface area contributed by atoms with Crippen molar-refractivity contribution in [3.8, 4) is 0 Å². The summed E-state index contributed by atoms with van der Waals surface area (Å²) in [6, 6.07) is 17.2. The smallest absolute Gasteiger partial charge is 0.246 e. The summed E-state index contributed by atoms with van der Waals surface area (Å²) in [5.74, 6) is -0.0248. The Kier molecular flexibility index (Phi) is 4.65. The van der Waals surface area contributed by atoms with Crippen molar-refractivity contribution in [3.05, 3.63) is 65.7 Å². The molecule has 4 nitrogen and oxygen atoms in total. The number of nitrogens with zero attached hydrogens (tertiary/aromatic N) is 2. The van der Waals surface area contributed by atoms with Crippen LogP contribution in [0.3, 0.4) is 0 Å². The molecule has 4 heteroatoms. The quantitative estimate of drug-likeness (QED) is 0.868. The molecule has 0 bridgehead atoms. The number of benzene rings is 2. The van der Waals surface area contributed by atoms with Gasteiger partial charge >= 0.3 is 0 Å². The van der Waals surface area contributed by atoms with Gasteiger partial charge in [0.25, 0.3) is 0 Å². The highest BCUT2D eigenvalue weighted by Crippen LogP contribution is 2.33. The van der Waals surface area contributed by atoms with E-state index in [1.165, 1.54) is 0 Å². The number of likely N-dealkylation sites (N-methyl/N-ethyl adjacent to an activating group) is 1. The molecule has 1 heterocycles. The number of hydrogen-bond donors (Lipinski definition) is 0. The van der Waals surface area contributed by atoms with E-state index in [0.717, 1.165) is 16.8 Å². The summed E-state index contributed by atoms with van der Waals surface area (Å²) < 4.78 is 0. The number of rotatable bonds is 4. The van der Waals surface area contributed by atoms with Crippen molar-refractivity contribution in [1.29, 1.82) is 0 Å². The average Bonchev–Trinajstić information content (AvgIpc) is 3.00. The van der Waals surface area contributed by atoms with Crippen LogP contribution in [0.1, 0.15) is 24.5 Å². The van der Waals surface area contributed by atoms with E-state index < -0.39 is 6.04 Å². The molecule has 0 N–H and O–H groups in total. The van der Waals surface area contributed by atoms with Crippen LogP contribution >= 0.6 is 0 Å². The Morgan fingerprint density at radius 2 is 1.75 bits per heavy atom. The van der Waals surface area contributed by atoms with Crippen LogP contribution in [-0.2, 0) is 22.6 Å². The molecular weight excluding hydrogens is 300 g/mol. The molecule has 1 aliphatic rings. The van der Waals surface area contributed by atoms with Gasteiger partial charge in [0.1, 0.15) is 6.04 Å². The second-order valence-electron chi connectivity index (χ2n) is 6.15. The van der Waals surface area contributed by atoms with Crippen LogP contribution in [0.5, 0.6) is 0 Å². The number of anilines is 1. The number of fused-ring (bicyclic) bond motifs is 1. The third-order valence-electron chi connectivity index (χ3n) is 4.47. The molecule has 3 rings (SSSR count). The average molecular weight is 322 g/mol. The van der Waals surface area contributed by atoms with Crippen molar-refractivity contribution in [1.82, 2.24) is 4.90 Å². The number of hydrogen-bond acceptors (Lipinski definition) is 2. The molecule has 1 atom stereocenters. The minimum absolute atomic E-state index is 0.00795. The minimum atomic E-state index is -0.441. The van der Waals surface area contributed by atoms with Gasteiger partial charge in [-0.2, -0.15) is 0 Å². The first-order chi connectivity index (χ1) is 11.6. The fraction of sp³-hybridized carbons (Fsp3) is 0.300. The second-order valence-corrected chi connectivity index (χ2v) is 6.15. The number of carbonyl (C=O) groups excluding carboxylic acids is 2. The first-order valence-corrected chi connectivity index (χ1v) is 8.30. The van der Waals surface area contributed by atoms with Crippen LogP contribution in [0.25, 0.3) is 0 Å². The Bertz CT molecular complexity index is 742. The summed E-state index contributed by atoms with van der Waals surface area (Å²) in [4.78, 5) is 28.8. The van der Waals surface area contributed by atoms with Crippen molar-refractivity contribution in [2.45, 2.75) is 32.4 Å². The van der Waals surface area contributed by atoms with Gasteiger partial charge in [0.2, 0.25) is 11.8 Å². The summed E-state index contributed by atoms with van der Waals surface area (Å²) >= 11 is 0. The Balaban J connectivity index is 1.82. The second kappa shape index (κ2) is 6.87. The van der Waals surface area contributed by atoms with Crippen molar-refractivity contribution in [2.75, 3.05) is 11.9 Å². The standard InChI is InChI=1S/C20H22N2O2/c1-3-19(23)22-17-12-8-7-11-16(17)13-18(22)20(24)21(2)14-15-9-5-4-6-10-15/h4-12,18H,3,13-14H2,1-2H3/t18-/m1/s1. The number of amides is 2. The van der Waals surface area contributed by atoms with Crippen molar-refractivity contribution >= 4 is 17.5 Å². The Labute approximate surface area is 142 Å². The lowest BCUT2D eigenvalue weighted by atomic mass is 10.1. The molecule has 0 saturated heterocycles. The van der Waals surface area contributed by atoms with Gasteiger partial charge in [0.05, 0.1) is 0 Å². The summed E-state index contributed by atoms with van der Waals surface area (Å²) in [7, 11) is 1.80. The third kappa shape index (κ3) is 3.04. The molecule has 2 aromatic carbocycles. The van der Waals surface area contributed by atoms with E-state index in [1.54, 1.807) is 16.8 Å². The normalized spacial score (nSPS) is 15.9. The van der Waals surface area contributed by atoms with E-state index in [-0.39, 0.29) is 11.8 Å². The van der Waals surface area contributed by atoms with E-state index in [4.69, 9.17) is 0 Å². The third-order valence-corrected chi connectivity index (χ3v) is 4.47. The molecule has 0 radical (unpaired) electrons. The number of carbonyl (C=O) groups is 2. The van der Waals surface area contributed by atoms with Gasteiger partial charge in [-0.1, -0.05) is 55.5 Å². The maximum absolute atomic E-state index is 13.0. The Morgan fingerprint density at radius 3 is 2.46 bits per heavy atom. The lowest BCUT2D eigenvalue weighted by Gasteiger charge is -2.28. The zero-order valence-electron chi connectivity index (χ0n) is 14.1. The van der Waals surface area contributed by atoms with Crippen LogP contribution in [0.2, 0.25) is 0 Å².